The van der Waals surface area contributed by atoms with Gasteiger partial charge in [-0.1, -0.05) is 11.6 Å². The van der Waals surface area contributed by atoms with Gasteiger partial charge >= 0.3 is 5.97 Å². The second kappa shape index (κ2) is 9.75. The lowest BCUT2D eigenvalue weighted by atomic mass is 10.1. The van der Waals surface area contributed by atoms with Crippen LogP contribution in [0.5, 0.6) is 17.2 Å². The first kappa shape index (κ1) is 21.2. The van der Waals surface area contributed by atoms with E-state index in [4.69, 9.17) is 25.8 Å². The molecule has 0 bridgehead atoms. The molecule has 0 spiro atoms. The lowest BCUT2D eigenvalue weighted by Gasteiger charge is -2.09. The summed E-state index contributed by atoms with van der Waals surface area (Å²) in [7, 11) is 1.46. The summed E-state index contributed by atoms with van der Waals surface area (Å²) in [6.45, 7) is 4.85. The molecule has 2 aromatic carbocycles. The standard InChI is InChI=1S/C20H21ClN2O5/c1-12-7-16(8-13(2)20(12)21)27-11-19(25)23-22-10-15-5-6-17(28-14(3)24)18(9-15)26-4/h5-10H,11H2,1-4H3,(H,23,25)/b22-10-. The minimum atomic E-state index is -0.446. The molecule has 0 heterocycles. The minimum Gasteiger partial charge on any atom is -0.493 e. The maximum atomic E-state index is 11.9. The molecule has 0 aliphatic carbocycles. The molecule has 0 atom stereocenters. The molecule has 0 aliphatic rings. The Hall–Kier alpha value is -3.06. The summed E-state index contributed by atoms with van der Waals surface area (Å²) in [5.74, 6) is 0.382. The number of hydrogen-bond acceptors (Lipinski definition) is 6. The number of hydrazone groups is 1. The summed E-state index contributed by atoms with van der Waals surface area (Å²) in [5, 5.41) is 4.56. The van der Waals surface area contributed by atoms with Crippen LogP contribution in [-0.2, 0) is 9.59 Å². The number of amides is 1. The maximum Gasteiger partial charge on any atom is 0.308 e. The highest BCUT2D eigenvalue weighted by Gasteiger charge is 2.08. The summed E-state index contributed by atoms with van der Waals surface area (Å²) < 4.78 is 15.7. The summed E-state index contributed by atoms with van der Waals surface area (Å²) >= 11 is 6.11. The van der Waals surface area contributed by atoms with Crippen molar-refractivity contribution in [3.63, 3.8) is 0 Å². The molecule has 0 aromatic heterocycles. The van der Waals surface area contributed by atoms with Crippen molar-refractivity contribution >= 4 is 29.7 Å². The molecule has 1 amide bonds. The van der Waals surface area contributed by atoms with Crippen LogP contribution in [0.4, 0.5) is 0 Å². The predicted molar refractivity (Wildman–Crippen MR) is 106 cm³/mol. The lowest BCUT2D eigenvalue weighted by Crippen LogP contribution is -2.24. The van der Waals surface area contributed by atoms with Gasteiger partial charge in [-0.3, -0.25) is 9.59 Å². The fourth-order valence-corrected chi connectivity index (χ4v) is 2.46. The van der Waals surface area contributed by atoms with E-state index in [0.29, 0.717) is 27.8 Å². The van der Waals surface area contributed by atoms with E-state index in [2.05, 4.69) is 10.5 Å². The van der Waals surface area contributed by atoms with Gasteiger partial charge < -0.3 is 14.2 Å². The Kier molecular flexibility index (Phi) is 7.40. The van der Waals surface area contributed by atoms with Gasteiger partial charge in [0.2, 0.25) is 0 Å². The van der Waals surface area contributed by atoms with Crippen LogP contribution >= 0.6 is 11.6 Å². The van der Waals surface area contributed by atoms with E-state index in [-0.39, 0.29) is 6.61 Å². The Balaban J connectivity index is 1.91. The van der Waals surface area contributed by atoms with Crippen molar-refractivity contribution in [2.75, 3.05) is 13.7 Å². The zero-order chi connectivity index (χ0) is 20.7. The van der Waals surface area contributed by atoms with E-state index in [1.807, 2.05) is 13.8 Å². The highest BCUT2D eigenvalue weighted by molar-refractivity contribution is 6.32. The molecular formula is C20H21ClN2O5. The zero-order valence-electron chi connectivity index (χ0n) is 16.0. The molecule has 148 valence electrons. The van der Waals surface area contributed by atoms with E-state index in [0.717, 1.165) is 11.1 Å². The molecule has 2 aromatic rings. The van der Waals surface area contributed by atoms with Crippen molar-refractivity contribution in [2.24, 2.45) is 5.10 Å². The number of rotatable bonds is 7. The van der Waals surface area contributed by atoms with Gasteiger partial charge in [0.25, 0.3) is 5.91 Å². The van der Waals surface area contributed by atoms with Crippen LogP contribution in [0.25, 0.3) is 0 Å². The van der Waals surface area contributed by atoms with Gasteiger partial charge in [-0.25, -0.2) is 5.43 Å². The SMILES string of the molecule is COc1cc(/C=N\NC(=O)COc2cc(C)c(Cl)c(C)c2)ccc1OC(C)=O. The number of carbonyl (C=O) groups excluding carboxylic acids is 2. The van der Waals surface area contributed by atoms with E-state index in [1.54, 1.807) is 30.3 Å². The number of halogens is 1. The van der Waals surface area contributed by atoms with E-state index < -0.39 is 11.9 Å². The predicted octanol–water partition coefficient (Wildman–Crippen LogP) is 3.42. The van der Waals surface area contributed by atoms with Crippen LogP contribution in [-0.4, -0.2) is 31.8 Å². The molecule has 0 fully saturated rings. The highest BCUT2D eigenvalue weighted by Crippen LogP contribution is 2.28. The number of carbonyl (C=O) groups is 2. The molecule has 0 saturated heterocycles. The molecule has 0 unspecified atom stereocenters. The fraction of sp³-hybridized carbons (Fsp3) is 0.250. The number of ether oxygens (including phenoxy) is 3. The second-order valence-electron chi connectivity index (χ2n) is 5.96. The molecular weight excluding hydrogens is 384 g/mol. The fourth-order valence-electron chi connectivity index (χ4n) is 2.35. The number of aryl methyl sites for hydroxylation is 2. The zero-order valence-corrected chi connectivity index (χ0v) is 16.8. The average molecular weight is 405 g/mol. The van der Waals surface area contributed by atoms with Crippen LogP contribution in [0.15, 0.2) is 35.4 Å². The molecule has 8 heteroatoms. The quantitative estimate of drug-likeness (QED) is 0.331. The van der Waals surface area contributed by atoms with Gasteiger partial charge in [0.05, 0.1) is 13.3 Å². The highest BCUT2D eigenvalue weighted by atomic mass is 35.5. The minimum absolute atomic E-state index is 0.188. The Morgan fingerprint density at radius 1 is 1.14 bits per heavy atom. The van der Waals surface area contributed by atoms with Gasteiger partial charge in [0.1, 0.15) is 5.75 Å². The summed E-state index contributed by atoms with van der Waals surface area (Å²) in [6, 6.07) is 8.42. The van der Waals surface area contributed by atoms with Crippen molar-refractivity contribution in [1.82, 2.24) is 5.43 Å². The summed E-state index contributed by atoms with van der Waals surface area (Å²) in [6.07, 6.45) is 1.44. The molecule has 0 radical (unpaired) electrons. The topological polar surface area (TPSA) is 86.2 Å². The first-order chi connectivity index (χ1) is 13.3. The lowest BCUT2D eigenvalue weighted by molar-refractivity contribution is -0.132. The summed E-state index contributed by atoms with van der Waals surface area (Å²) in [5.41, 5.74) is 4.78. The van der Waals surface area contributed by atoms with Crippen LogP contribution in [0.2, 0.25) is 5.02 Å². The molecule has 7 nitrogen and oxygen atoms in total. The van der Waals surface area contributed by atoms with Crippen LogP contribution < -0.4 is 19.6 Å². The Bertz CT molecular complexity index is 888. The Morgan fingerprint density at radius 3 is 2.43 bits per heavy atom. The largest absolute Gasteiger partial charge is 0.493 e. The van der Waals surface area contributed by atoms with Gasteiger partial charge in [-0.2, -0.15) is 5.10 Å². The van der Waals surface area contributed by atoms with E-state index >= 15 is 0 Å². The monoisotopic (exact) mass is 404 g/mol. The van der Waals surface area contributed by atoms with Gasteiger partial charge in [0, 0.05) is 11.9 Å². The van der Waals surface area contributed by atoms with E-state index in [9.17, 15) is 9.59 Å². The number of methoxy groups -OCH3 is 1. The molecule has 28 heavy (non-hydrogen) atoms. The first-order valence-corrected chi connectivity index (χ1v) is 8.76. The number of hydrogen-bond donors (Lipinski definition) is 1. The Morgan fingerprint density at radius 2 is 1.82 bits per heavy atom. The normalized spacial score (nSPS) is 10.6. The van der Waals surface area contributed by atoms with Crippen molar-refractivity contribution in [3.05, 3.63) is 52.0 Å². The third-order valence-electron chi connectivity index (χ3n) is 3.62. The van der Waals surface area contributed by atoms with Crippen molar-refractivity contribution < 1.29 is 23.8 Å². The molecule has 1 N–H and O–H groups in total. The first-order valence-electron chi connectivity index (χ1n) is 8.38. The molecule has 0 aliphatic heterocycles. The van der Waals surface area contributed by atoms with Crippen LogP contribution in [0.1, 0.15) is 23.6 Å². The van der Waals surface area contributed by atoms with Crippen LogP contribution in [0.3, 0.4) is 0 Å². The maximum absolute atomic E-state index is 11.9. The Labute approximate surface area is 168 Å². The number of nitrogens with one attached hydrogen (secondary N) is 1. The average Bonchev–Trinajstić information content (AvgIpc) is 2.65. The van der Waals surface area contributed by atoms with Crippen molar-refractivity contribution in [1.29, 1.82) is 0 Å². The van der Waals surface area contributed by atoms with Gasteiger partial charge in [-0.15, -0.1) is 0 Å². The van der Waals surface area contributed by atoms with E-state index in [1.165, 1.54) is 20.2 Å². The third-order valence-corrected chi connectivity index (χ3v) is 4.22. The summed E-state index contributed by atoms with van der Waals surface area (Å²) in [4.78, 5) is 22.9. The number of benzene rings is 2. The molecule has 0 saturated carbocycles. The van der Waals surface area contributed by atoms with Gasteiger partial charge in [-0.05, 0) is 60.9 Å². The third kappa shape index (κ3) is 5.99. The molecule has 2 rings (SSSR count). The van der Waals surface area contributed by atoms with Crippen molar-refractivity contribution in [3.8, 4) is 17.2 Å². The number of nitrogens with zero attached hydrogens (tertiary/aromatic N) is 1. The van der Waals surface area contributed by atoms with Gasteiger partial charge in [0.15, 0.2) is 18.1 Å². The number of esters is 1. The smallest absolute Gasteiger partial charge is 0.308 e. The van der Waals surface area contributed by atoms with Crippen molar-refractivity contribution in [2.45, 2.75) is 20.8 Å². The van der Waals surface area contributed by atoms with Crippen LogP contribution in [0, 0.1) is 13.8 Å². The second-order valence-corrected chi connectivity index (χ2v) is 6.33.